The molecule has 1 saturated heterocycles. The minimum absolute atomic E-state index is 0.0856. The second-order valence-corrected chi connectivity index (χ2v) is 10.6. The summed E-state index contributed by atoms with van der Waals surface area (Å²) in [5.74, 6) is 0.895. The normalized spacial score (nSPS) is 20.0. The van der Waals surface area contributed by atoms with Crippen LogP contribution in [0, 0.1) is 12.3 Å². The summed E-state index contributed by atoms with van der Waals surface area (Å²) < 4.78 is 5.44. The molecule has 1 aliphatic carbocycles. The maximum atomic E-state index is 13.3. The number of pyridine rings is 1. The molecule has 3 heterocycles. The van der Waals surface area contributed by atoms with Gasteiger partial charge in [-0.2, -0.15) is 0 Å². The second kappa shape index (κ2) is 12.2. The first-order valence-electron chi connectivity index (χ1n) is 13.3. The fourth-order valence-electron chi connectivity index (χ4n) is 5.87. The average molecular weight is 484 g/mol. The van der Waals surface area contributed by atoms with Gasteiger partial charge in [0.05, 0.1) is 19.0 Å². The van der Waals surface area contributed by atoms with Crippen molar-refractivity contribution < 1.29 is 19.4 Å². The number of nitrogens with zero attached hydrogens (tertiary/aromatic N) is 3. The average Bonchev–Trinajstić information content (AvgIpc) is 3.44. The lowest BCUT2D eigenvalue weighted by Gasteiger charge is -2.42. The number of furan rings is 1. The van der Waals surface area contributed by atoms with Crippen molar-refractivity contribution in [3.8, 4) is 0 Å². The van der Waals surface area contributed by atoms with Crippen molar-refractivity contribution in [3.05, 3.63) is 48.0 Å². The Balaban J connectivity index is 1.37. The van der Waals surface area contributed by atoms with E-state index in [4.69, 9.17) is 4.42 Å². The minimum atomic E-state index is -0.599. The van der Waals surface area contributed by atoms with Gasteiger partial charge in [0, 0.05) is 25.3 Å². The lowest BCUT2D eigenvalue weighted by atomic mass is 9.68. The number of amides is 1. The highest BCUT2D eigenvalue weighted by atomic mass is 16.3. The molecule has 1 aliphatic heterocycles. The third kappa shape index (κ3) is 6.72. The van der Waals surface area contributed by atoms with E-state index in [1.165, 1.54) is 38.4 Å². The lowest BCUT2D eigenvalue weighted by molar-refractivity contribution is 0.0550. The van der Waals surface area contributed by atoms with Crippen molar-refractivity contribution in [2.75, 3.05) is 31.1 Å². The van der Waals surface area contributed by atoms with Gasteiger partial charge in [-0.3, -0.25) is 9.69 Å². The van der Waals surface area contributed by atoms with Crippen molar-refractivity contribution >= 4 is 11.7 Å². The highest BCUT2D eigenvalue weighted by Crippen LogP contribution is 2.43. The third-order valence-corrected chi connectivity index (χ3v) is 8.11. The quantitative estimate of drug-likeness (QED) is 0.515. The van der Waals surface area contributed by atoms with E-state index in [2.05, 4.69) is 9.88 Å². The number of aryl methyl sites for hydroxylation is 1. The summed E-state index contributed by atoms with van der Waals surface area (Å²) in [6.45, 7) is 4.81. The van der Waals surface area contributed by atoms with E-state index < -0.39 is 6.10 Å². The molecule has 1 unspecified atom stereocenters. The summed E-state index contributed by atoms with van der Waals surface area (Å²) in [5.41, 5.74) is 1.36. The Morgan fingerprint density at radius 1 is 1.20 bits per heavy atom. The molecule has 2 aromatic rings. The van der Waals surface area contributed by atoms with Crippen molar-refractivity contribution in [3.63, 3.8) is 0 Å². The summed E-state index contributed by atoms with van der Waals surface area (Å²) in [6.07, 6.45) is 13.7. The number of hydrogen-bond donors (Lipinski definition) is 2. The summed E-state index contributed by atoms with van der Waals surface area (Å²) in [4.78, 5) is 22.3. The molecule has 1 amide bonds. The van der Waals surface area contributed by atoms with Gasteiger partial charge in [-0.1, -0.05) is 25.3 Å². The maximum Gasteiger partial charge on any atom is 0.295 e. The van der Waals surface area contributed by atoms with Gasteiger partial charge in [-0.05, 0) is 87.6 Å². The SMILES string of the molecule is Cc1ccc(N(C(=O)c2ccco2)C2CCN(CCC3(CCC(O)CO)CCCCC3)CC2)nc1. The van der Waals surface area contributed by atoms with Gasteiger partial charge in [0.1, 0.15) is 5.82 Å². The van der Waals surface area contributed by atoms with Gasteiger partial charge in [0.25, 0.3) is 5.91 Å². The molecule has 0 spiro atoms. The third-order valence-electron chi connectivity index (χ3n) is 8.11. The largest absolute Gasteiger partial charge is 0.459 e. The predicted molar refractivity (Wildman–Crippen MR) is 136 cm³/mol. The molecule has 2 aromatic heterocycles. The lowest BCUT2D eigenvalue weighted by Crippen LogP contribution is -2.48. The van der Waals surface area contributed by atoms with E-state index in [9.17, 15) is 15.0 Å². The van der Waals surface area contributed by atoms with Gasteiger partial charge >= 0.3 is 0 Å². The Morgan fingerprint density at radius 3 is 2.60 bits per heavy atom. The standard InChI is InChI=1S/C28H41N3O4/c1-22-7-8-26(29-20-22)31(27(34)25-6-5-19-35-25)23-10-16-30(17-11-23)18-15-28(12-3-2-4-13-28)14-9-24(33)21-32/h5-8,19-20,23-24,32-33H,2-4,9-18,21H2,1H3. The van der Waals surface area contributed by atoms with Crippen LogP contribution in [0.2, 0.25) is 0 Å². The number of likely N-dealkylation sites (tertiary alicyclic amines) is 1. The molecule has 2 N–H and O–H groups in total. The van der Waals surface area contributed by atoms with E-state index in [0.717, 1.165) is 50.9 Å². The molecule has 1 saturated carbocycles. The van der Waals surface area contributed by atoms with Crippen molar-refractivity contribution in [2.45, 2.75) is 83.3 Å². The van der Waals surface area contributed by atoms with Crippen LogP contribution in [0.4, 0.5) is 5.82 Å². The van der Waals surface area contributed by atoms with Gasteiger partial charge in [0.2, 0.25) is 0 Å². The van der Waals surface area contributed by atoms with Gasteiger partial charge in [-0.25, -0.2) is 4.98 Å². The smallest absolute Gasteiger partial charge is 0.295 e. The molecule has 7 nitrogen and oxygen atoms in total. The first-order valence-corrected chi connectivity index (χ1v) is 13.3. The number of anilines is 1. The van der Waals surface area contributed by atoms with Crippen LogP contribution in [0.15, 0.2) is 41.1 Å². The molecule has 4 rings (SSSR count). The monoisotopic (exact) mass is 483 g/mol. The topological polar surface area (TPSA) is 90.0 Å². The van der Waals surface area contributed by atoms with Gasteiger partial charge in [-0.15, -0.1) is 0 Å². The number of aliphatic hydroxyl groups excluding tert-OH is 2. The summed E-state index contributed by atoms with van der Waals surface area (Å²) in [7, 11) is 0. The Bertz CT molecular complexity index is 901. The molecule has 0 bridgehead atoms. The van der Waals surface area contributed by atoms with Crippen LogP contribution in [0.25, 0.3) is 0 Å². The first-order chi connectivity index (χ1) is 17.0. The Kier molecular flexibility index (Phi) is 8.98. The molecule has 1 atom stereocenters. The number of hydrogen-bond acceptors (Lipinski definition) is 6. The summed E-state index contributed by atoms with van der Waals surface area (Å²) in [5, 5.41) is 19.2. The minimum Gasteiger partial charge on any atom is -0.459 e. The van der Waals surface area contributed by atoms with E-state index in [-0.39, 0.29) is 18.6 Å². The number of piperidine rings is 1. The predicted octanol–water partition coefficient (Wildman–Crippen LogP) is 4.57. The molecular weight excluding hydrogens is 442 g/mol. The van der Waals surface area contributed by atoms with Crippen molar-refractivity contribution in [1.29, 1.82) is 0 Å². The highest BCUT2D eigenvalue weighted by Gasteiger charge is 2.35. The fourth-order valence-corrected chi connectivity index (χ4v) is 5.87. The molecular formula is C28H41N3O4. The van der Waals surface area contributed by atoms with Gasteiger partial charge < -0.3 is 19.5 Å². The molecule has 2 fully saturated rings. The molecule has 192 valence electrons. The van der Waals surface area contributed by atoms with Crippen LogP contribution in [-0.2, 0) is 0 Å². The van der Waals surface area contributed by atoms with E-state index in [1.54, 1.807) is 12.1 Å². The Hall–Kier alpha value is -2.22. The van der Waals surface area contributed by atoms with Crippen LogP contribution >= 0.6 is 0 Å². The Morgan fingerprint density at radius 2 is 1.97 bits per heavy atom. The number of rotatable bonds is 10. The number of aromatic nitrogens is 1. The molecule has 35 heavy (non-hydrogen) atoms. The van der Waals surface area contributed by atoms with Crippen LogP contribution in [0.1, 0.15) is 80.3 Å². The van der Waals surface area contributed by atoms with Crippen LogP contribution < -0.4 is 4.90 Å². The summed E-state index contributed by atoms with van der Waals surface area (Å²) >= 11 is 0. The van der Waals surface area contributed by atoms with E-state index in [1.807, 2.05) is 30.2 Å². The van der Waals surface area contributed by atoms with Gasteiger partial charge in [0.15, 0.2) is 5.76 Å². The molecule has 7 heteroatoms. The zero-order valence-electron chi connectivity index (χ0n) is 21.1. The zero-order valence-corrected chi connectivity index (χ0v) is 21.1. The number of carbonyl (C=O) groups is 1. The van der Waals surface area contributed by atoms with E-state index >= 15 is 0 Å². The first kappa shape index (κ1) is 25.9. The highest BCUT2D eigenvalue weighted by molar-refractivity contribution is 6.04. The number of carbonyl (C=O) groups excluding carboxylic acids is 1. The summed E-state index contributed by atoms with van der Waals surface area (Å²) in [6, 6.07) is 7.48. The molecule has 0 aromatic carbocycles. The number of aliphatic hydroxyl groups is 2. The van der Waals surface area contributed by atoms with E-state index in [0.29, 0.717) is 23.4 Å². The van der Waals surface area contributed by atoms with Crippen LogP contribution in [-0.4, -0.2) is 64.4 Å². The molecule has 0 radical (unpaired) electrons. The van der Waals surface area contributed by atoms with Crippen LogP contribution in [0.3, 0.4) is 0 Å². The molecule has 2 aliphatic rings. The zero-order chi connectivity index (χ0) is 24.7. The second-order valence-electron chi connectivity index (χ2n) is 10.6. The van der Waals surface area contributed by atoms with Crippen molar-refractivity contribution in [2.24, 2.45) is 5.41 Å². The van der Waals surface area contributed by atoms with Crippen LogP contribution in [0.5, 0.6) is 0 Å². The maximum absolute atomic E-state index is 13.3. The Labute approximate surface area is 209 Å². The fraction of sp³-hybridized carbons (Fsp3) is 0.643. The van der Waals surface area contributed by atoms with Crippen molar-refractivity contribution in [1.82, 2.24) is 9.88 Å².